The van der Waals surface area contributed by atoms with Gasteiger partial charge in [-0.3, -0.25) is 29.4 Å². The first-order chi connectivity index (χ1) is 14.3. The van der Waals surface area contributed by atoms with Crippen molar-refractivity contribution in [3.05, 3.63) is 42.0 Å². The maximum atomic E-state index is 12.5. The van der Waals surface area contributed by atoms with Crippen LogP contribution in [-0.2, 0) is 23.9 Å². The normalized spacial score (nSPS) is 21.1. The molecule has 2 aliphatic rings. The van der Waals surface area contributed by atoms with E-state index >= 15 is 0 Å². The Labute approximate surface area is 173 Å². The summed E-state index contributed by atoms with van der Waals surface area (Å²) in [6, 6.07) is 5.18. The Morgan fingerprint density at radius 1 is 1.10 bits per heavy atom. The number of para-hydroxylation sites is 1. The number of nitrogens with zero attached hydrogens (tertiary/aromatic N) is 1. The lowest BCUT2D eigenvalue weighted by atomic mass is 9.85. The summed E-state index contributed by atoms with van der Waals surface area (Å²) in [5.74, 6) is -3.90. The molecule has 0 unspecified atom stereocenters. The molecule has 1 heterocycles. The second-order valence-corrected chi connectivity index (χ2v) is 7.06. The number of carbonyl (C=O) groups excluding carboxylic acids is 5. The third-order valence-corrected chi connectivity index (χ3v) is 5.22. The molecule has 3 rings (SSSR count). The monoisotopic (exact) mass is 414 g/mol. The highest BCUT2D eigenvalue weighted by atomic mass is 16.5. The van der Waals surface area contributed by atoms with Gasteiger partial charge in [0.25, 0.3) is 11.8 Å². The van der Waals surface area contributed by atoms with E-state index in [0.29, 0.717) is 12.8 Å². The highest BCUT2D eigenvalue weighted by Crippen LogP contribution is 2.36. The highest BCUT2D eigenvalue weighted by Gasteiger charge is 2.50. The topological polar surface area (TPSA) is 119 Å². The number of allylic oxidation sites excluding steroid dienone is 2. The van der Waals surface area contributed by atoms with Crippen molar-refractivity contribution in [1.82, 2.24) is 10.2 Å². The van der Waals surface area contributed by atoms with Crippen molar-refractivity contribution in [2.75, 3.05) is 13.7 Å². The Kier molecular flexibility index (Phi) is 6.29. The summed E-state index contributed by atoms with van der Waals surface area (Å²) in [7, 11) is 1.39. The molecule has 1 aromatic carbocycles. The molecule has 4 amide bonds. The first kappa shape index (κ1) is 21.2. The molecule has 1 aliphatic carbocycles. The Balaban J connectivity index is 1.55. The summed E-state index contributed by atoms with van der Waals surface area (Å²) >= 11 is 0. The average molecular weight is 414 g/mol. The van der Waals surface area contributed by atoms with Gasteiger partial charge >= 0.3 is 5.97 Å². The third kappa shape index (κ3) is 4.10. The van der Waals surface area contributed by atoms with Crippen LogP contribution < -0.4 is 10.1 Å². The van der Waals surface area contributed by atoms with Crippen LogP contribution in [0.15, 0.2) is 36.4 Å². The Hall–Kier alpha value is -3.49. The van der Waals surface area contributed by atoms with Crippen molar-refractivity contribution < 1.29 is 33.4 Å². The summed E-state index contributed by atoms with van der Waals surface area (Å²) in [4.78, 5) is 62.5. The van der Waals surface area contributed by atoms with Gasteiger partial charge in [-0.1, -0.05) is 24.3 Å². The lowest BCUT2D eigenvalue weighted by Gasteiger charge is -2.21. The first-order valence-electron chi connectivity index (χ1n) is 9.51. The molecule has 158 valence electrons. The van der Waals surface area contributed by atoms with Gasteiger partial charge < -0.3 is 9.47 Å². The zero-order valence-electron chi connectivity index (χ0n) is 16.6. The standard InChI is InChI=1S/C21H22N2O7/c1-12(23-19(26)13-7-3-4-8-14(13)20(23)27)21(28)30-11-17(24)22-18(25)15-9-5-6-10-16(15)29-2/h3-6,9-10,12-14H,7-8,11H2,1-2H3,(H,22,24,25)/t12-,13-,14+/m0/s1. The number of carbonyl (C=O) groups is 5. The molecule has 0 aromatic heterocycles. The maximum Gasteiger partial charge on any atom is 0.329 e. The lowest BCUT2D eigenvalue weighted by Crippen LogP contribution is -2.45. The fraction of sp³-hybridized carbons (Fsp3) is 0.381. The van der Waals surface area contributed by atoms with Crippen LogP contribution in [-0.4, -0.2) is 54.3 Å². The molecule has 1 saturated heterocycles. The van der Waals surface area contributed by atoms with Gasteiger partial charge in [0, 0.05) is 0 Å². The molecule has 1 aromatic rings. The smallest absolute Gasteiger partial charge is 0.329 e. The molecular weight excluding hydrogens is 392 g/mol. The summed E-state index contributed by atoms with van der Waals surface area (Å²) in [6.07, 6.45) is 4.62. The fourth-order valence-corrected chi connectivity index (χ4v) is 3.63. The minimum absolute atomic E-state index is 0.150. The fourth-order valence-electron chi connectivity index (χ4n) is 3.63. The number of imide groups is 2. The maximum absolute atomic E-state index is 12.5. The first-order valence-corrected chi connectivity index (χ1v) is 9.51. The van der Waals surface area contributed by atoms with E-state index in [4.69, 9.17) is 9.47 Å². The van der Waals surface area contributed by atoms with Crippen molar-refractivity contribution in [3.63, 3.8) is 0 Å². The molecule has 9 nitrogen and oxygen atoms in total. The van der Waals surface area contributed by atoms with E-state index in [1.807, 2.05) is 12.2 Å². The van der Waals surface area contributed by atoms with Crippen molar-refractivity contribution in [2.24, 2.45) is 11.8 Å². The molecule has 1 N–H and O–H groups in total. The number of benzene rings is 1. The van der Waals surface area contributed by atoms with Crippen LogP contribution in [0.4, 0.5) is 0 Å². The van der Waals surface area contributed by atoms with Gasteiger partial charge in [0.2, 0.25) is 11.8 Å². The predicted molar refractivity (Wildman–Crippen MR) is 103 cm³/mol. The second kappa shape index (κ2) is 8.89. The number of nitrogens with one attached hydrogen (secondary N) is 1. The quantitative estimate of drug-likeness (QED) is 0.416. The van der Waals surface area contributed by atoms with Crippen molar-refractivity contribution in [1.29, 1.82) is 0 Å². The van der Waals surface area contributed by atoms with Crippen LogP contribution in [0, 0.1) is 11.8 Å². The van der Waals surface area contributed by atoms with E-state index in [-0.39, 0.29) is 11.3 Å². The number of hydrogen-bond donors (Lipinski definition) is 1. The van der Waals surface area contributed by atoms with Gasteiger partial charge in [0.05, 0.1) is 24.5 Å². The van der Waals surface area contributed by atoms with Gasteiger partial charge in [0.15, 0.2) is 6.61 Å². The van der Waals surface area contributed by atoms with Crippen LogP contribution in [0.5, 0.6) is 5.75 Å². The van der Waals surface area contributed by atoms with E-state index < -0.39 is 54.1 Å². The van der Waals surface area contributed by atoms with Crippen molar-refractivity contribution in [2.45, 2.75) is 25.8 Å². The van der Waals surface area contributed by atoms with E-state index in [2.05, 4.69) is 5.32 Å². The van der Waals surface area contributed by atoms with Gasteiger partial charge in [-0.05, 0) is 31.9 Å². The van der Waals surface area contributed by atoms with Crippen LogP contribution in [0.25, 0.3) is 0 Å². The highest BCUT2D eigenvalue weighted by molar-refractivity contribution is 6.08. The van der Waals surface area contributed by atoms with Crippen LogP contribution in [0.3, 0.4) is 0 Å². The second-order valence-electron chi connectivity index (χ2n) is 7.06. The summed E-state index contributed by atoms with van der Waals surface area (Å²) in [5.41, 5.74) is 0.150. The molecule has 0 spiro atoms. The number of likely N-dealkylation sites (tertiary alicyclic amines) is 1. The molecule has 30 heavy (non-hydrogen) atoms. The molecule has 0 radical (unpaired) electrons. The number of esters is 1. The molecule has 1 fully saturated rings. The number of rotatable bonds is 6. The molecule has 3 atom stereocenters. The predicted octanol–water partition coefficient (Wildman–Crippen LogP) is 0.834. The van der Waals surface area contributed by atoms with E-state index in [1.165, 1.54) is 20.1 Å². The minimum atomic E-state index is -1.16. The lowest BCUT2D eigenvalue weighted by molar-refractivity contribution is -0.159. The minimum Gasteiger partial charge on any atom is -0.496 e. The van der Waals surface area contributed by atoms with Crippen molar-refractivity contribution >= 4 is 29.6 Å². The average Bonchev–Trinajstić information content (AvgIpc) is 3.01. The Morgan fingerprint density at radius 2 is 1.70 bits per heavy atom. The zero-order chi connectivity index (χ0) is 21.8. The third-order valence-electron chi connectivity index (χ3n) is 5.22. The molecule has 0 bridgehead atoms. The Bertz CT molecular complexity index is 898. The van der Waals surface area contributed by atoms with Crippen LogP contribution in [0.1, 0.15) is 30.1 Å². The number of ether oxygens (including phenoxy) is 2. The number of methoxy groups -OCH3 is 1. The van der Waals surface area contributed by atoms with Gasteiger partial charge in [-0.15, -0.1) is 0 Å². The van der Waals surface area contributed by atoms with Gasteiger partial charge in [-0.25, -0.2) is 4.79 Å². The Morgan fingerprint density at radius 3 is 2.30 bits per heavy atom. The molecule has 9 heteroatoms. The summed E-state index contributed by atoms with van der Waals surface area (Å²) < 4.78 is 9.99. The molecule has 1 aliphatic heterocycles. The molecular formula is C21H22N2O7. The van der Waals surface area contributed by atoms with E-state index in [1.54, 1.807) is 18.2 Å². The van der Waals surface area contributed by atoms with E-state index in [0.717, 1.165) is 4.90 Å². The number of fused-ring (bicyclic) bond motifs is 1. The van der Waals surface area contributed by atoms with E-state index in [9.17, 15) is 24.0 Å². The van der Waals surface area contributed by atoms with Crippen molar-refractivity contribution in [3.8, 4) is 5.75 Å². The van der Waals surface area contributed by atoms with Gasteiger partial charge in [-0.2, -0.15) is 0 Å². The molecule has 0 saturated carbocycles. The number of hydrogen-bond acceptors (Lipinski definition) is 7. The summed E-state index contributed by atoms with van der Waals surface area (Å²) in [6.45, 7) is 0.648. The SMILES string of the molecule is COc1ccccc1C(=O)NC(=O)COC(=O)[C@H](C)N1C(=O)[C@H]2CC=CC[C@H]2C1=O. The van der Waals surface area contributed by atoms with Gasteiger partial charge in [0.1, 0.15) is 11.8 Å². The number of amides is 4. The summed E-state index contributed by atoms with van der Waals surface area (Å²) in [5, 5.41) is 2.10. The van der Waals surface area contributed by atoms with Crippen LogP contribution in [0.2, 0.25) is 0 Å². The largest absolute Gasteiger partial charge is 0.496 e. The van der Waals surface area contributed by atoms with Crippen LogP contribution >= 0.6 is 0 Å². The zero-order valence-corrected chi connectivity index (χ0v) is 16.6.